The molecule has 0 spiro atoms. The molecule has 0 saturated heterocycles. The van der Waals surface area contributed by atoms with Gasteiger partial charge in [-0.1, -0.05) is 33.5 Å². The van der Waals surface area contributed by atoms with Crippen molar-refractivity contribution in [1.82, 2.24) is 15.2 Å². The molecule has 0 radical (unpaired) electrons. The largest absolute Gasteiger partial charge is 0.464 e. The first kappa shape index (κ1) is 37.0. The molecule has 234 valence electrons. The molecule has 13 heteroatoms. The Morgan fingerprint density at radius 3 is 2.27 bits per heavy atom. The van der Waals surface area contributed by atoms with E-state index in [2.05, 4.69) is 45.9 Å². The highest BCUT2D eigenvalue weighted by molar-refractivity contribution is 9.11. The minimum atomic E-state index is -1.34. The fraction of sp³-hybridized carbons (Fsp3) is 0.750. The molecule has 0 fully saturated rings. The number of hydrogen-bond acceptors (Lipinski definition) is 9. The van der Waals surface area contributed by atoms with Crippen LogP contribution in [0.1, 0.15) is 65.0 Å². The minimum Gasteiger partial charge on any atom is -0.464 e. The van der Waals surface area contributed by atoms with Crippen molar-refractivity contribution in [2.24, 2.45) is 5.92 Å². The summed E-state index contributed by atoms with van der Waals surface area (Å²) in [7, 11) is 0.302. The molecule has 1 N–H and O–H groups in total. The number of alkyl carbamates (subject to hydrolysis) is 1. The van der Waals surface area contributed by atoms with Crippen molar-refractivity contribution in [3.8, 4) is 0 Å². The molecule has 41 heavy (non-hydrogen) atoms. The van der Waals surface area contributed by atoms with Crippen molar-refractivity contribution in [2.75, 3.05) is 20.3 Å². The van der Waals surface area contributed by atoms with Gasteiger partial charge < -0.3 is 24.4 Å². The Morgan fingerprint density at radius 2 is 1.73 bits per heavy atom. The standard InChI is InChI=1S/C28H48BrN3O7SSi/c1-11-37-24(34)20(31-27(36)39-28(4,5)6)17-19-21(40-26(29)30-19)13-12-14-22(33)32(7)23(18(2)3)25(35)38-15-16-41(8,9)10/h18,20,23H,11-17H2,1-10H3,(H,31,36)/t20-,23-/m0/s1. The zero-order chi connectivity index (χ0) is 31.5. The Balaban J connectivity index is 2.87. The number of hydrogen-bond donors (Lipinski definition) is 1. The molecular weight excluding hydrogens is 630 g/mol. The lowest BCUT2D eigenvalue weighted by Crippen LogP contribution is -2.46. The number of carbonyl (C=O) groups is 4. The van der Waals surface area contributed by atoms with E-state index in [1.807, 2.05) is 13.8 Å². The Hall–Kier alpha value is -1.99. The molecule has 0 bridgehead atoms. The van der Waals surface area contributed by atoms with Crippen LogP contribution in [0.2, 0.25) is 25.7 Å². The monoisotopic (exact) mass is 677 g/mol. The number of esters is 2. The molecule has 0 aliphatic rings. The molecule has 10 nitrogen and oxygen atoms in total. The Bertz CT molecular complexity index is 1040. The fourth-order valence-electron chi connectivity index (χ4n) is 3.94. The smallest absolute Gasteiger partial charge is 0.408 e. The Morgan fingerprint density at radius 1 is 1.10 bits per heavy atom. The van der Waals surface area contributed by atoms with E-state index in [1.165, 1.54) is 16.2 Å². The second-order valence-electron chi connectivity index (χ2n) is 12.5. The van der Waals surface area contributed by atoms with Crippen LogP contribution in [-0.2, 0) is 41.4 Å². The van der Waals surface area contributed by atoms with E-state index < -0.39 is 37.8 Å². The zero-order valence-electron chi connectivity index (χ0n) is 26.2. The average Bonchev–Trinajstić information content (AvgIpc) is 3.15. The number of amides is 2. The van der Waals surface area contributed by atoms with E-state index in [4.69, 9.17) is 14.2 Å². The Labute approximate surface area is 258 Å². The molecule has 2 atom stereocenters. The van der Waals surface area contributed by atoms with Gasteiger partial charge in [0, 0.05) is 32.8 Å². The summed E-state index contributed by atoms with van der Waals surface area (Å²) in [4.78, 5) is 57.8. The van der Waals surface area contributed by atoms with E-state index in [0.717, 1.165) is 10.9 Å². The summed E-state index contributed by atoms with van der Waals surface area (Å²) in [5.74, 6) is -1.19. The fourth-order valence-corrected chi connectivity index (χ4v) is 6.31. The molecule has 0 aliphatic heterocycles. The van der Waals surface area contributed by atoms with Crippen LogP contribution in [0.3, 0.4) is 0 Å². The van der Waals surface area contributed by atoms with Gasteiger partial charge in [0.1, 0.15) is 17.7 Å². The van der Waals surface area contributed by atoms with Crippen molar-refractivity contribution < 1.29 is 33.4 Å². The molecule has 0 unspecified atom stereocenters. The summed E-state index contributed by atoms with van der Waals surface area (Å²) in [6.07, 6.45) is 0.673. The van der Waals surface area contributed by atoms with Crippen LogP contribution >= 0.6 is 27.3 Å². The summed E-state index contributed by atoms with van der Waals surface area (Å²) in [6.45, 7) is 17.9. The summed E-state index contributed by atoms with van der Waals surface area (Å²) in [5, 5.41) is 2.60. The second kappa shape index (κ2) is 16.6. The summed E-state index contributed by atoms with van der Waals surface area (Å²) in [5.41, 5.74) is -0.0975. The van der Waals surface area contributed by atoms with E-state index in [1.54, 1.807) is 34.7 Å². The lowest BCUT2D eigenvalue weighted by atomic mass is 10.0. The van der Waals surface area contributed by atoms with Gasteiger partial charge >= 0.3 is 18.0 Å². The number of ether oxygens (including phenoxy) is 3. The number of carbonyl (C=O) groups excluding carboxylic acids is 4. The highest BCUT2D eigenvalue weighted by atomic mass is 79.9. The van der Waals surface area contributed by atoms with Gasteiger partial charge in [0.15, 0.2) is 3.92 Å². The molecule has 1 heterocycles. The third-order valence-electron chi connectivity index (χ3n) is 5.99. The predicted molar refractivity (Wildman–Crippen MR) is 167 cm³/mol. The van der Waals surface area contributed by atoms with E-state index >= 15 is 0 Å². The van der Waals surface area contributed by atoms with Gasteiger partial charge in [0.2, 0.25) is 5.91 Å². The van der Waals surface area contributed by atoms with Crippen LogP contribution in [0.15, 0.2) is 3.92 Å². The molecule has 1 aromatic rings. The maximum Gasteiger partial charge on any atom is 0.408 e. The lowest BCUT2D eigenvalue weighted by molar-refractivity contribution is -0.155. The Kier molecular flexibility index (Phi) is 15.0. The number of rotatable bonds is 15. The average molecular weight is 679 g/mol. The number of nitrogens with zero attached hydrogens (tertiary/aromatic N) is 2. The van der Waals surface area contributed by atoms with E-state index in [0.29, 0.717) is 29.1 Å². The highest BCUT2D eigenvalue weighted by Crippen LogP contribution is 2.27. The molecule has 0 aliphatic carbocycles. The van der Waals surface area contributed by atoms with E-state index in [9.17, 15) is 19.2 Å². The van der Waals surface area contributed by atoms with Crippen molar-refractivity contribution in [2.45, 2.75) is 111 Å². The number of nitrogens with one attached hydrogen (secondary N) is 1. The lowest BCUT2D eigenvalue weighted by Gasteiger charge is -2.30. The molecule has 0 aromatic carbocycles. The third kappa shape index (κ3) is 14.2. The van der Waals surface area contributed by atoms with Crippen LogP contribution in [0, 0.1) is 5.92 Å². The summed E-state index contributed by atoms with van der Waals surface area (Å²) >= 11 is 4.83. The first-order chi connectivity index (χ1) is 18.8. The second-order valence-corrected chi connectivity index (χ2v) is 20.5. The number of likely N-dealkylation sites (N-methyl/N-ethyl adjacent to an activating group) is 1. The highest BCUT2D eigenvalue weighted by Gasteiger charge is 2.32. The summed E-state index contributed by atoms with van der Waals surface area (Å²) < 4.78 is 16.7. The number of aromatic nitrogens is 1. The first-order valence-electron chi connectivity index (χ1n) is 14.1. The van der Waals surface area contributed by atoms with Crippen molar-refractivity contribution >= 4 is 59.3 Å². The maximum absolute atomic E-state index is 13.1. The van der Waals surface area contributed by atoms with Crippen molar-refractivity contribution in [3.05, 3.63) is 14.5 Å². The van der Waals surface area contributed by atoms with Gasteiger partial charge in [-0.2, -0.15) is 0 Å². The van der Waals surface area contributed by atoms with Gasteiger partial charge in [-0.15, -0.1) is 11.3 Å². The predicted octanol–water partition coefficient (Wildman–Crippen LogP) is 5.59. The number of thiazole rings is 1. The molecule has 1 rings (SSSR count). The molecule has 1 aromatic heterocycles. The van der Waals surface area contributed by atoms with Gasteiger partial charge in [0.25, 0.3) is 0 Å². The van der Waals surface area contributed by atoms with Crippen LogP contribution < -0.4 is 5.32 Å². The molecule has 0 saturated carbocycles. The summed E-state index contributed by atoms with van der Waals surface area (Å²) in [6, 6.07) is -0.760. The number of aryl methyl sites for hydroxylation is 1. The van der Waals surface area contributed by atoms with E-state index in [-0.39, 0.29) is 37.2 Å². The minimum absolute atomic E-state index is 0.0929. The van der Waals surface area contributed by atoms with Crippen LogP contribution in [-0.4, -0.2) is 79.8 Å². The van der Waals surface area contributed by atoms with Gasteiger partial charge in [-0.25, -0.2) is 19.4 Å². The van der Waals surface area contributed by atoms with Crippen LogP contribution in [0.25, 0.3) is 0 Å². The van der Waals surface area contributed by atoms with Gasteiger partial charge in [-0.3, -0.25) is 4.79 Å². The van der Waals surface area contributed by atoms with Crippen LogP contribution in [0.4, 0.5) is 4.79 Å². The van der Waals surface area contributed by atoms with Crippen molar-refractivity contribution in [3.63, 3.8) is 0 Å². The molecular formula is C28H48BrN3O7SSi. The number of halogens is 1. The third-order valence-corrected chi connectivity index (χ3v) is 9.30. The normalized spacial score (nSPS) is 13.4. The zero-order valence-corrected chi connectivity index (χ0v) is 29.6. The first-order valence-corrected chi connectivity index (χ1v) is 19.4. The SMILES string of the molecule is CCOC(=O)[C@H](Cc1nc(Br)sc1CCCC(=O)N(C)[C@H](C(=O)OCC[Si](C)(C)C)C(C)C)NC(=O)OC(C)(C)C. The van der Waals surface area contributed by atoms with Gasteiger partial charge in [-0.05, 0) is 68.4 Å². The molecule has 2 amide bonds. The topological polar surface area (TPSA) is 124 Å². The maximum atomic E-state index is 13.1. The quantitative estimate of drug-likeness (QED) is 0.145. The van der Waals surface area contributed by atoms with Crippen LogP contribution in [0.5, 0.6) is 0 Å². The van der Waals surface area contributed by atoms with Gasteiger partial charge in [0.05, 0.1) is 18.9 Å². The van der Waals surface area contributed by atoms with Crippen molar-refractivity contribution in [1.29, 1.82) is 0 Å².